The van der Waals surface area contributed by atoms with Crippen LogP contribution in [0.25, 0.3) is 21.9 Å². The maximum Gasteiger partial charge on any atom is 0.472 e. The number of hydrogen-bond donors (Lipinski definition) is 3. The first-order chi connectivity index (χ1) is 24.6. The van der Waals surface area contributed by atoms with E-state index >= 15 is 0 Å². The number of phosphoric acid groups is 1. The molecule has 0 spiro atoms. The highest BCUT2D eigenvalue weighted by Gasteiger charge is 2.26. The van der Waals surface area contributed by atoms with Crippen LogP contribution in [-0.4, -0.2) is 102 Å². The Morgan fingerprint density at radius 2 is 1.59 bits per heavy atom. The second kappa shape index (κ2) is 22.1. The van der Waals surface area contributed by atoms with Crippen LogP contribution in [0.2, 0.25) is 0 Å². The number of hydrogen-bond acceptors (Lipinski definition) is 14. The third kappa shape index (κ3) is 14.3. The van der Waals surface area contributed by atoms with Gasteiger partial charge in [0, 0.05) is 18.0 Å². The highest BCUT2D eigenvalue weighted by Crippen LogP contribution is 2.43. The molecule has 0 fully saturated rings. The van der Waals surface area contributed by atoms with Crippen molar-refractivity contribution >= 4 is 47.5 Å². The van der Waals surface area contributed by atoms with Crippen LogP contribution in [0.1, 0.15) is 45.4 Å². The Bertz CT molecular complexity index is 1660. The number of aliphatic hydroxyl groups is 1. The van der Waals surface area contributed by atoms with Gasteiger partial charge in [-0.15, -0.1) is 0 Å². The monoisotopic (exact) mass is 736 g/mol. The number of esters is 2. The van der Waals surface area contributed by atoms with E-state index in [0.717, 1.165) is 29.6 Å². The number of carbonyl (C=O) groups is 2. The molecular weight excluding hydrogens is 687 g/mol. The lowest BCUT2D eigenvalue weighted by atomic mass is 10.1. The molecule has 0 aliphatic rings. The third-order valence-corrected chi connectivity index (χ3v) is 8.05. The van der Waals surface area contributed by atoms with Crippen LogP contribution in [0, 0.1) is 6.92 Å². The molecule has 0 aliphatic heterocycles. The quantitative estimate of drug-likeness (QED) is 0.0482. The van der Waals surface area contributed by atoms with E-state index in [1.807, 2.05) is 43.5 Å². The first-order valence-electron chi connectivity index (χ1n) is 16.8. The third-order valence-electron chi connectivity index (χ3n) is 7.07. The molecule has 3 rings (SSSR count). The maximum atomic E-state index is 12.4. The number of anilines is 1. The number of fused-ring (bicyclic) bond motifs is 3. The summed E-state index contributed by atoms with van der Waals surface area (Å²) in [5.41, 5.74) is 8.21. The molecule has 1 unspecified atom stereocenters. The molecule has 0 amide bonds. The topological polar surface area (TPSA) is 213 Å². The van der Waals surface area contributed by atoms with E-state index < -0.39 is 32.5 Å². The summed E-state index contributed by atoms with van der Waals surface area (Å²) in [4.78, 5) is 43.1. The molecule has 16 nitrogen and oxygen atoms in total. The average molecular weight is 737 g/mol. The molecule has 1 aromatic carbocycles. The number of allylic oxidation sites excluding steroid dienone is 2. The highest BCUT2D eigenvalue weighted by molar-refractivity contribution is 7.47. The van der Waals surface area contributed by atoms with E-state index in [4.69, 9.17) is 38.5 Å². The average Bonchev–Trinajstić information content (AvgIpc) is 3.43. The predicted octanol–water partition coefficient (Wildman–Crippen LogP) is 4.18. The highest BCUT2D eigenvalue weighted by atomic mass is 31.2. The van der Waals surface area contributed by atoms with Crippen LogP contribution in [-0.2, 0) is 48.7 Å². The van der Waals surface area contributed by atoms with Crippen LogP contribution < -0.4 is 10.5 Å². The van der Waals surface area contributed by atoms with Crippen molar-refractivity contribution < 1.29 is 56.9 Å². The summed E-state index contributed by atoms with van der Waals surface area (Å²) in [7, 11) is -4.53. The largest absolute Gasteiger partial charge is 0.491 e. The van der Waals surface area contributed by atoms with E-state index in [2.05, 4.69) is 9.97 Å². The van der Waals surface area contributed by atoms with Crippen molar-refractivity contribution in [1.82, 2.24) is 14.5 Å². The number of nitrogen functional groups attached to an aromatic ring is 1. The Labute approximate surface area is 297 Å². The van der Waals surface area contributed by atoms with Crippen molar-refractivity contribution in [3.8, 4) is 5.75 Å². The molecule has 2 heterocycles. The van der Waals surface area contributed by atoms with Gasteiger partial charge in [0.1, 0.15) is 30.3 Å². The Balaban J connectivity index is 1.33. The molecule has 51 heavy (non-hydrogen) atoms. The summed E-state index contributed by atoms with van der Waals surface area (Å²) in [5.74, 6) is 0.467. The van der Waals surface area contributed by atoms with Crippen LogP contribution in [0.5, 0.6) is 5.75 Å². The number of aryl methyl sites for hydroxylation is 1. The molecule has 17 heteroatoms. The summed E-state index contributed by atoms with van der Waals surface area (Å²) in [6, 6.07) is 5.48. The lowest BCUT2D eigenvalue weighted by Crippen LogP contribution is -2.29. The Morgan fingerprint density at radius 3 is 2.27 bits per heavy atom. The molecule has 2 atom stereocenters. The van der Waals surface area contributed by atoms with Crippen LogP contribution in [0.4, 0.5) is 5.82 Å². The van der Waals surface area contributed by atoms with Crippen molar-refractivity contribution in [2.24, 2.45) is 0 Å². The smallest absolute Gasteiger partial charge is 0.472 e. The zero-order valence-electron chi connectivity index (χ0n) is 29.4. The van der Waals surface area contributed by atoms with E-state index in [1.54, 1.807) is 24.3 Å². The van der Waals surface area contributed by atoms with Crippen molar-refractivity contribution in [2.45, 2.75) is 59.1 Å². The molecule has 0 saturated carbocycles. The van der Waals surface area contributed by atoms with Gasteiger partial charge in [0.05, 0.1) is 70.1 Å². The van der Waals surface area contributed by atoms with Crippen LogP contribution in [0.15, 0.2) is 42.5 Å². The van der Waals surface area contributed by atoms with Gasteiger partial charge in [-0.05, 0) is 31.9 Å². The second-order valence-corrected chi connectivity index (χ2v) is 12.5. The number of pyridine rings is 1. The maximum absolute atomic E-state index is 12.4. The molecule has 2 aromatic heterocycles. The predicted molar refractivity (Wildman–Crippen MR) is 189 cm³/mol. The Hall–Kier alpha value is -3.89. The molecule has 0 bridgehead atoms. The molecule has 0 radical (unpaired) electrons. The van der Waals surface area contributed by atoms with E-state index in [0.29, 0.717) is 29.1 Å². The number of aromatic nitrogens is 3. The van der Waals surface area contributed by atoms with Crippen molar-refractivity contribution in [1.29, 1.82) is 0 Å². The van der Waals surface area contributed by atoms with Gasteiger partial charge in [-0.3, -0.25) is 18.6 Å². The van der Waals surface area contributed by atoms with Crippen molar-refractivity contribution in [3.63, 3.8) is 0 Å². The number of nitrogens with two attached hydrogens (primary N) is 1. The van der Waals surface area contributed by atoms with Gasteiger partial charge in [-0.1, -0.05) is 38.2 Å². The van der Waals surface area contributed by atoms with Crippen molar-refractivity contribution in [3.05, 3.63) is 48.3 Å². The number of carbonyl (C=O) groups excluding carboxylic acids is 2. The van der Waals surface area contributed by atoms with E-state index in [-0.39, 0.29) is 65.7 Å². The summed E-state index contributed by atoms with van der Waals surface area (Å²) < 4.78 is 51.3. The minimum atomic E-state index is -4.53. The first-order valence-corrected chi connectivity index (χ1v) is 18.3. The number of imidazole rings is 1. The summed E-state index contributed by atoms with van der Waals surface area (Å²) in [5, 5.41) is 10.3. The summed E-state index contributed by atoms with van der Waals surface area (Å²) in [6.45, 7) is 5.87. The number of nitrogens with zero attached hydrogens (tertiary/aromatic N) is 3. The van der Waals surface area contributed by atoms with Gasteiger partial charge in [0.25, 0.3) is 0 Å². The Kier molecular flexibility index (Phi) is 18.0. The van der Waals surface area contributed by atoms with E-state index in [1.165, 1.54) is 0 Å². The fourth-order valence-corrected chi connectivity index (χ4v) is 5.46. The normalized spacial score (nSPS) is 13.7. The fourth-order valence-electron chi connectivity index (χ4n) is 4.72. The zero-order chi connectivity index (χ0) is 37.1. The minimum absolute atomic E-state index is 0.0130. The van der Waals surface area contributed by atoms with Gasteiger partial charge < -0.3 is 44.0 Å². The SMILES string of the molecule is CC/C=C\CC(=O)OC[C@H](COP(=O)(O)OCCOCCOCCOc1ccc2c(c1)nc(N)c1nc(C)n(CCO)c12)OC(=O)C/C=C\CC. The van der Waals surface area contributed by atoms with Crippen LogP contribution >= 0.6 is 7.82 Å². The van der Waals surface area contributed by atoms with Gasteiger partial charge in [0.2, 0.25) is 0 Å². The molecule has 3 aromatic rings. The first kappa shape index (κ1) is 41.5. The fraction of sp³-hybridized carbons (Fsp3) is 0.529. The number of phosphoric ester groups is 1. The Morgan fingerprint density at radius 1 is 0.922 bits per heavy atom. The van der Waals surface area contributed by atoms with Crippen molar-refractivity contribution in [2.75, 3.05) is 65.2 Å². The van der Waals surface area contributed by atoms with Crippen LogP contribution in [0.3, 0.4) is 0 Å². The van der Waals surface area contributed by atoms with Gasteiger partial charge >= 0.3 is 19.8 Å². The van der Waals surface area contributed by atoms with Gasteiger partial charge in [0.15, 0.2) is 11.9 Å². The molecule has 4 N–H and O–H groups in total. The molecular formula is C34H49N4O12P. The lowest BCUT2D eigenvalue weighted by Gasteiger charge is -2.19. The number of benzene rings is 1. The second-order valence-electron chi connectivity index (χ2n) is 11.0. The number of ether oxygens (including phenoxy) is 5. The number of rotatable bonds is 25. The van der Waals surface area contributed by atoms with Gasteiger partial charge in [-0.25, -0.2) is 14.5 Å². The summed E-state index contributed by atoms with van der Waals surface area (Å²) in [6.07, 6.45) is 7.33. The summed E-state index contributed by atoms with van der Waals surface area (Å²) >= 11 is 0. The molecule has 0 aliphatic carbocycles. The molecule has 0 saturated heterocycles. The zero-order valence-corrected chi connectivity index (χ0v) is 30.3. The van der Waals surface area contributed by atoms with Gasteiger partial charge in [-0.2, -0.15) is 0 Å². The number of aliphatic hydroxyl groups excluding tert-OH is 1. The minimum Gasteiger partial charge on any atom is -0.491 e. The standard InChI is InChI=1S/C34H49N4O12P/c1-4-6-8-10-30(40)47-23-27(50-31(41)11-9-7-5-2)24-49-51(42,43)48-21-19-45-17-16-44-18-20-46-26-12-13-28-29(22-26)37-34(35)32-33(28)38(14-15-39)25(3)36-32/h6-9,12-13,22,27,39H,4-5,10-11,14-21,23-24H2,1-3H3,(H2,35,37)(H,42,43)/b8-6-,9-7-/t27-/m1/s1. The lowest BCUT2D eigenvalue weighted by molar-refractivity contribution is -0.160. The van der Waals surface area contributed by atoms with E-state index in [9.17, 15) is 24.2 Å². The molecule has 282 valence electrons.